The van der Waals surface area contributed by atoms with E-state index in [1.807, 2.05) is 6.92 Å². The zero-order valence-electron chi connectivity index (χ0n) is 11.8. The molecule has 3 rings (SSSR count). The minimum Gasteiger partial charge on any atom is -0.486 e. The summed E-state index contributed by atoms with van der Waals surface area (Å²) in [7, 11) is -3.51. The molecule has 0 saturated carbocycles. The summed E-state index contributed by atoms with van der Waals surface area (Å²) in [6.07, 6.45) is 0.673. The summed E-state index contributed by atoms with van der Waals surface area (Å²) >= 11 is 6.17. The van der Waals surface area contributed by atoms with Gasteiger partial charge in [0.05, 0.1) is 4.90 Å². The second-order valence-corrected chi connectivity index (χ2v) is 7.95. The van der Waals surface area contributed by atoms with Crippen LogP contribution in [0.5, 0.6) is 11.5 Å². The fourth-order valence-corrected chi connectivity index (χ4v) is 4.38. The van der Waals surface area contributed by atoms with Gasteiger partial charge in [-0.1, -0.05) is 6.92 Å². The van der Waals surface area contributed by atoms with E-state index >= 15 is 0 Å². The quantitative estimate of drug-likeness (QED) is 0.779. The lowest BCUT2D eigenvalue weighted by Gasteiger charge is -2.33. The Labute approximate surface area is 129 Å². The van der Waals surface area contributed by atoms with Crippen molar-refractivity contribution >= 4 is 21.6 Å². The van der Waals surface area contributed by atoms with Gasteiger partial charge < -0.3 is 9.47 Å². The van der Waals surface area contributed by atoms with Gasteiger partial charge in [0.1, 0.15) is 13.2 Å². The Balaban J connectivity index is 1.88. The van der Waals surface area contributed by atoms with Crippen LogP contribution in [0, 0.1) is 5.92 Å². The molecule has 0 radical (unpaired) electrons. The number of halogens is 1. The molecule has 2 heterocycles. The summed E-state index contributed by atoms with van der Waals surface area (Å²) in [5, 5.41) is 0.0386. The summed E-state index contributed by atoms with van der Waals surface area (Å²) in [6.45, 7) is 3.80. The van der Waals surface area contributed by atoms with Crippen LogP contribution >= 0.6 is 11.6 Å². The molecule has 2 aliphatic rings. The molecule has 0 aliphatic carbocycles. The predicted octanol–water partition coefficient (Wildman–Crippen LogP) is 2.10. The molecule has 2 aliphatic heterocycles. The number of nitrogens with zero attached hydrogens (tertiary/aromatic N) is 1. The average Bonchev–Trinajstić information content (AvgIpc) is 2.49. The van der Waals surface area contributed by atoms with Crippen molar-refractivity contribution in [2.45, 2.75) is 23.6 Å². The molecule has 1 saturated heterocycles. The van der Waals surface area contributed by atoms with Crippen molar-refractivity contribution in [1.82, 2.24) is 4.31 Å². The third-order valence-corrected chi connectivity index (χ3v) is 6.42. The highest BCUT2D eigenvalue weighted by Gasteiger charge is 2.33. The zero-order chi connectivity index (χ0) is 15.0. The summed E-state index contributed by atoms with van der Waals surface area (Å²) < 4.78 is 37.8. The smallest absolute Gasteiger partial charge is 0.243 e. The Kier molecular flexibility index (Phi) is 4.03. The molecule has 0 bridgehead atoms. The fraction of sp³-hybridized carbons (Fsp3) is 0.571. The topological polar surface area (TPSA) is 55.8 Å². The van der Waals surface area contributed by atoms with E-state index in [9.17, 15) is 8.42 Å². The van der Waals surface area contributed by atoms with Crippen molar-refractivity contribution in [1.29, 1.82) is 0 Å². The predicted molar refractivity (Wildman–Crippen MR) is 79.6 cm³/mol. The molecular weight excluding hydrogens is 314 g/mol. The van der Waals surface area contributed by atoms with Crippen LogP contribution in [-0.2, 0) is 10.0 Å². The lowest BCUT2D eigenvalue weighted by Crippen LogP contribution is -2.43. The van der Waals surface area contributed by atoms with Gasteiger partial charge in [0.15, 0.2) is 11.5 Å². The van der Waals surface area contributed by atoms with Crippen LogP contribution < -0.4 is 9.47 Å². The van der Waals surface area contributed by atoms with Crippen LogP contribution in [0.25, 0.3) is 0 Å². The number of benzene rings is 1. The second kappa shape index (κ2) is 5.66. The SMILES string of the molecule is CC1CN(S(=O)(=O)c2ccc3c(c2)OCCO3)CCC1Cl. The summed E-state index contributed by atoms with van der Waals surface area (Å²) in [6, 6.07) is 4.76. The standard InChI is InChI=1S/C14H18ClNO4S/c1-10-9-16(5-4-12(10)15)21(17,18)11-2-3-13-14(8-11)20-7-6-19-13/h2-3,8,10,12H,4-7,9H2,1H3. The van der Waals surface area contributed by atoms with Gasteiger partial charge in [-0.2, -0.15) is 4.31 Å². The van der Waals surface area contributed by atoms with Gasteiger partial charge in [0, 0.05) is 24.5 Å². The van der Waals surface area contributed by atoms with E-state index in [0.29, 0.717) is 44.2 Å². The van der Waals surface area contributed by atoms with E-state index in [2.05, 4.69) is 0 Å². The average molecular weight is 332 g/mol. The first-order valence-corrected chi connectivity index (χ1v) is 8.90. The normalized spacial score (nSPS) is 26.6. The Morgan fingerprint density at radius 3 is 2.67 bits per heavy atom. The summed E-state index contributed by atoms with van der Waals surface area (Å²) in [5.41, 5.74) is 0. The Hall–Kier alpha value is -0.980. The Morgan fingerprint density at radius 2 is 1.95 bits per heavy atom. The number of alkyl halides is 1. The zero-order valence-corrected chi connectivity index (χ0v) is 13.4. The number of hydrogen-bond donors (Lipinski definition) is 0. The molecule has 2 atom stereocenters. The van der Waals surface area contributed by atoms with Crippen LogP contribution in [-0.4, -0.2) is 44.4 Å². The first kappa shape index (κ1) is 14.9. The molecule has 0 aromatic heterocycles. The van der Waals surface area contributed by atoms with E-state index in [1.165, 1.54) is 4.31 Å². The molecular formula is C14H18ClNO4S. The van der Waals surface area contributed by atoms with Crippen LogP contribution in [0.4, 0.5) is 0 Å². The van der Waals surface area contributed by atoms with E-state index in [0.717, 1.165) is 0 Å². The van der Waals surface area contributed by atoms with Gasteiger partial charge in [-0.05, 0) is 24.5 Å². The maximum atomic E-state index is 12.7. The Bertz CT molecular complexity index is 634. The molecule has 116 valence electrons. The molecule has 21 heavy (non-hydrogen) atoms. The van der Waals surface area contributed by atoms with Crippen molar-refractivity contribution in [3.05, 3.63) is 18.2 Å². The van der Waals surface area contributed by atoms with Crippen LogP contribution in [0.1, 0.15) is 13.3 Å². The van der Waals surface area contributed by atoms with E-state index in [-0.39, 0.29) is 16.2 Å². The maximum Gasteiger partial charge on any atom is 0.243 e. The van der Waals surface area contributed by atoms with E-state index in [4.69, 9.17) is 21.1 Å². The van der Waals surface area contributed by atoms with Gasteiger partial charge in [0.2, 0.25) is 10.0 Å². The van der Waals surface area contributed by atoms with Crippen LogP contribution in [0.2, 0.25) is 0 Å². The molecule has 7 heteroatoms. The highest BCUT2D eigenvalue weighted by molar-refractivity contribution is 7.89. The number of piperidine rings is 1. The van der Waals surface area contributed by atoms with Crippen molar-refractivity contribution in [2.75, 3.05) is 26.3 Å². The van der Waals surface area contributed by atoms with E-state index < -0.39 is 10.0 Å². The third kappa shape index (κ3) is 2.84. The monoisotopic (exact) mass is 331 g/mol. The third-order valence-electron chi connectivity index (χ3n) is 3.91. The number of rotatable bonds is 2. The molecule has 2 unspecified atom stereocenters. The summed E-state index contributed by atoms with van der Waals surface area (Å²) in [4.78, 5) is 0.243. The van der Waals surface area contributed by atoms with Gasteiger partial charge in [0.25, 0.3) is 0 Å². The van der Waals surface area contributed by atoms with Gasteiger partial charge in [-0.25, -0.2) is 8.42 Å². The lowest BCUT2D eigenvalue weighted by molar-refractivity contribution is 0.171. The number of hydrogen-bond acceptors (Lipinski definition) is 4. The highest BCUT2D eigenvalue weighted by atomic mass is 35.5. The maximum absolute atomic E-state index is 12.7. The van der Waals surface area contributed by atoms with Crippen LogP contribution in [0.3, 0.4) is 0 Å². The molecule has 1 fully saturated rings. The highest BCUT2D eigenvalue weighted by Crippen LogP contribution is 2.34. The molecule has 1 aromatic rings. The van der Waals surface area contributed by atoms with Crippen molar-refractivity contribution in [2.24, 2.45) is 5.92 Å². The molecule has 5 nitrogen and oxygen atoms in total. The van der Waals surface area contributed by atoms with Gasteiger partial charge in [-0.15, -0.1) is 11.6 Å². The largest absolute Gasteiger partial charge is 0.486 e. The van der Waals surface area contributed by atoms with Gasteiger partial charge >= 0.3 is 0 Å². The minimum atomic E-state index is -3.51. The molecule has 0 amide bonds. The number of fused-ring (bicyclic) bond motifs is 1. The van der Waals surface area contributed by atoms with Crippen molar-refractivity contribution in [3.8, 4) is 11.5 Å². The van der Waals surface area contributed by atoms with E-state index in [1.54, 1.807) is 18.2 Å². The van der Waals surface area contributed by atoms with Crippen molar-refractivity contribution in [3.63, 3.8) is 0 Å². The van der Waals surface area contributed by atoms with Crippen LogP contribution in [0.15, 0.2) is 23.1 Å². The first-order valence-electron chi connectivity index (χ1n) is 7.02. The first-order chi connectivity index (χ1) is 9.98. The molecule has 1 aromatic carbocycles. The number of ether oxygens (including phenoxy) is 2. The molecule has 0 spiro atoms. The number of sulfonamides is 1. The van der Waals surface area contributed by atoms with Crippen molar-refractivity contribution < 1.29 is 17.9 Å². The lowest BCUT2D eigenvalue weighted by atomic mass is 10.0. The summed E-state index contributed by atoms with van der Waals surface area (Å²) in [5.74, 6) is 1.23. The second-order valence-electron chi connectivity index (χ2n) is 5.45. The fourth-order valence-electron chi connectivity index (χ4n) is 2.63. The minimum absolute atomic E-state index is 0.0386. The Morgan fingerprint density at radius 1 is 1.24 bits per heavy atom. The molecule has 0 N–H and O–H groups in total. The van der Waals surface area contributed by atoms with Gasteiger partial charge in [-0.3, -0.25) is 0 Å².